The lowest BCUT2D eigenvalue weighted by Crippen LogP contribution is -2.02. The molecule has 0 saturated carbocycles. The summed E-state index contributed by atoms with van der Waals surface area (Å²) in [5, 5.41) is 10.4. The molecule has 29 heavy (non-hydrogen) atoms. The monoisotopic (exact) mass is 450 g/mol. The highest BCUT2D eigenvalue weighted by molar-refractivity contribution is 9.10. The van der Waals surface area contributed by atoms with E-state index in [1.54, 1.807) is 18.3 Å². The highest BCUT2D eigenvalue weighted by Gasteiger charge is 2.17. The van der Waals surface area contributed by atoms with Crippen LogP contribution in [0.2, 0.25) is 0 Å². The molecule has 7 heteroatoms. The molecule has 0 bridgehead atoms. The lowest BCUT2D eigenvalue weighted by molar-refractivity contribution is -0.330. The second-order valence-electron chi connectivity index (χ2n) is 6.86. The summed E-state index contributed by atoms with van der Waals surface area (Å²) in [6.07, 6.45) is 1.75. The Hall–Kier alpha value is -3.32. The average molecular weight is 451 g/mol. The van der Waals surface area contributed by atoms with Crippen molar-refractivity contribution in [3.8, 4) is 28.6 Å². The molecule has 0 aliphatic carbocycles. The summed E-state index contributed by atoms with van der Waals surface area (Å²) >= 11 is 3.53. The highest BCUT2D eigenvalue weighted by atomic mass is 79.9. The second kappa shape index (κ2) is 6.93. The molecule has 0 atom stereocenters. The van der Waals surface area contributed by atoms with Gasteiger partial charge in [-0.2, -0.15) is 0 Å². The van der Waals surface area contributed by atoms with Gasteiger partial charge in [0.25, 0.3) is 5.82 Å². The van der Waals surface area contributed by atoms with E-state index in [-0.39, 0.29) is 12.5 Å². The minimum Gasteiger partial charge on any atom is -0.507 e. The van der Waals surface area contributed by atoms with Crippen molar-refractivity contribution in [3.05, 3.63) is 64.1 Å². The summed E-state index contributed by atoms with van der Waals surface area (Å²) in [6.45, 7) is 2.27. The van der Waals surface area contributed by atoms with Crippen molar-refractivity contribution >= 4 is 38.9 Å². The zero-order chi connectivity index (χ0) is 20.0. The van der Waals surface area contributed by atoms with Gasteiger partial charge in [-0.1, -0.05) is 6.07 Å². The molecule has 1 aliphatic rings. The Morgan fingerprint density at radius 2 is 1.93 bits per heavy atom. The third kappa shape index (κ3) is 3.34. The topological polar surface area (TPSA) is 81.0 Å². The normalized spacial score (nSPS) is 12.9. The first-order chi connectivity index (χ1) is 14.1. The predicted octanol–water partition coefficient (Wildman–Crippen LogP) is 4.90. The van der Waals surface area contributed by atoms with Gasteiger partial charge in [-0.15, -0.1) is 0 Å². The number of phenols is 1. The van der Waals surface area contributed by atoms with Crippen LogP contribution in [0.4, 0.5) is 5.69 Å². The minimum absolute atomic E-state index is 0.174. The number of ether oxygens (including phenoxy) is 2. The minimum atomic E-state index is 0.174. The fraction of sp³-hybridized carbons (Fsp3) is 0.0909. The van der Waals surface area contributed by atoms with E-state index in [2.05, 4.69) is 37.0 Å². The van der Waals surface area contributed by atoms with Gasteiger partial charge in [0.1, 0.15) is 11.3 Å². The third-order valence-corrected chi connectivity index (χ3v) is 5.48. The molecule has 0 fully saturated rings. The maximum atomic E-state index is 10.4. The van der Waals surface area contributed by atoms with Gasteiger partial charge in [-0.05, 0) is 70.9 Å². The Labute approximate surface area is 175 Å². The van der Waals surface area contributed by atoms with E-state index >= 15 is 0 Å². The number of hydrogen-bond acceptors (Lipinski definition) is 4. The summed E-state index contributed by atoms with van der Waals surface area (Å²) in [6, 6.07) is 15.1. The number of aliphatic imine (C=N–C) groups is 1. The van der Waals surface area contributed by atoms with Crippen molar-refractivity contribution < 1.29 is 19.6 Å². The van der Waals surface area contributed by atoms with Gasteiger partial charge in [0, 0.05) is 16.3 Å². The van der Waals surface area contributed by atoms with Crippen LogP contribution in [0.3, 0.4) is 0 Å². The van der Waals surface area contributed by atoms with Crippen LogP contribution in [-0.4, -0.2) is 23.1 Å². The van der Waals surface area contributed by atoms with Crippen molar-refractivity contribution in [1.82, 2.24) is 4.98 Å². The lowest BCUT2D eigenvalue weighted by Gasteiger charge is -2.02. The molecule has 144 valence electrons. The standard InChI is InChI=1S/C22H16BrN3O3/c1-12-2-4-17-18(6-12)26-22(25-17)15-8-14(3-5-19(15)27)24-10-13-7-20-21(9-16(13)23)29-11-28-20/h2-10,27H,11H2,1H3,(H,25,26)/p+1. The maximum absolute atomic E-state index is 10.4. The van der Waals surface area contributed by atoms with E-state index < -0.39 is 0 Å². The van der Waals surface area contributed by atoms with E-state index in [4.69, 9.17) is 9.47 Å². The number of aromatic hydroxyl groups is 1. The van der Waals surface area contributed by atoms with Gasteiger partial charge in [0.15, 0.2) is 22.5 Å². The summed E-state index contributed by atoms with van der Waals surface area (Å²) < 4.78 is 11.7. The lowest BCUT2D eigenvalue weighted by atomic mass is 10.1. The van der Waals surface area contributed by atoms with Crippen LogP contribution in [0.5, 0.6) is 17.2 Å². The van der Waals surface area contributed by atoms with Crippen molar-refractivity contribution in [2.45, 2.75) is 6.92 Å². The van der Waals surface area contributed by atoms with Gasteiger partial charge in [0.05, 0.1) is 5.69 Å². The molecule has 4 aromatic rings. The smallest absolute Gasteiger partial charge is 0.289 e. The Kier molecular flexibility index (Phi) is 4.24. The summed E-state index contributed by atoms with van der Waals surface area (Å²) in [7, 11) is 0. The van der Waals surface area contributed by atoms with E-state index in [0.29, 0.717) is 22.7 Å². The zero-order valence-corrected chi connectivity index (χ0v) is 17.1. The summed E-state index contributed by atoms with van der Waals surface area (Å²) in [5.74, 6) is 2.31. The number of imidazole rings is 1. The molecular formula is C22H17BrN3O3+. The maximum Gasteiger partial charge on any atom is 0.289 e. The highest BCUT2D eigenvalue weighted by Crippen LogP contribution is 2.37. The van der Waals surface area contributed by atoms with Gasteiger partial charge >= 0.3 is 0 Å². The number of halogens is 1. The largest absolute Gasteiger partial charge is 0.507 e. The Bertz CT molecular complexity index is 1280. The SMILES string of the molecule is Cc1ccc2[nH+]c(-c3cc(N=Cc4cc5c(cc4Br)OCO5)ccc3O)[nH]c2c1. The van der Waals surface area contributed by atoms with Crippen molar-refractivity contribution in [1.29, 1.82) is 0 Å². The molecule has 0 spiro atoms. The van der Waals surface area contributed by atoms with Crippen LogP contribution in [-0.2, 0) is 0 Å². The van der Waals surface area contributed by atoms with Crippen LogP contribution in [0, 0.1) is 6.92 Å². The number of rotatable bonds is 3. The molecule has 1 aliphatic heterocycles. The molecule has 0 saturated heterocycles. The number of aryl methyl sites for hydroxylation is 1. The number of H-pyrrole nitrogens is 2. The Balaban J connectivity index is 1.50. The first-order valence-corrected chi connectivity index (χ1v) is 9.84. The number of nitrogens with zero attached hydrogens (tertiary/aromatic N) is 1. The molecule has 1 aromatic heterocycles. The van der Waals surface area contributed by atoms with Gasteiger partial charge < -0.3 is 14.6 Å². The first-order valence-electron chi connectivity index (χ1n) is 9.05. The summed E-state index contributed by atoms with van der Waals surface area (Å²) in [5.41, 5.74) is 5.36. The predicted molar refractivity (Wildman–Crippen MR) is 114 cm³/mol. The van der Waals surface area contributed by atoms with Crippen LogP contribution in [0.15, 0.2) is 58.0 Å². The quantitative estimate of drug-likeness (QED) is 0.435. The second-order valence-corrected chi connectivity index (χ2v) is 7.72. The van der Waals surface area contributed by atoms with Crippen molar-refractivity contribution in [2.24, 2.45) is 4.99 Å². The third-order valence-electron chi connectivity index (χ3n) is 4.79. The zero-order valence-electron chi connectivity index (χ0n) is 15.5. The van der Waals surface area contributed by atoms with Crippen LogP contribution < -0.4 is 14.5 Å². The van der Waals surface area contributed by atoms with Crippen LogP contribution in [0.25, 0.3) is 22.4 Å². The number of hydrogen-bond donors (Lipinski definition) is 2. The molecule has 2 heterocycles. The Morgan fingerprint density at radius 1 is 1.10 bits per heavy atom. The molecule has 5 rings (SSSR count). The Morgan fingerprint density at radius 3 is 2.79 bits per heavy atom. The van der Waals surface area contributed by atoms with Crippen molar-refractivity contribution in [3.63, 3.8) is 0 Å². The number of benzene rings is 3. The molecule has 6 nitrogen and oxygen atoms in total. The number of fused-ring (bicyclic) bond motifs is 2. The van der Waals surface area contributed by atoms with Crippen LogP contribution in [0.1, 0.15) is 11.1 Å². The van der Waals surface area contributed by atoms with Gasteiger partial charge in [-0.25, -0.2) is 9.97 Å². The van der Waals surface area contributed by atoms with Crippen molar-refractivity contribution in [2.75, 3.05) is 6.79 Å². The molecule has 3 N–H and O–H groups in total. The van der Waals surface area contributed by atoms with Crippen LogP contribution >= 0.6 is 15.9 Å². The van der Waals surface area contributed by atoms with Gasteiger partial charge in [-0.3, -0.25) is 4.99 Å². The average Bonchev–Trinajstić information content (AvgIpc) is 3.32. The van der Waals surface area contributed by atoms with Gasteiger partial charge in [0.2, 0.25) is 6.79 Å². The number of aromatic amines is 2. The van der Waals surface area contributed by atoms with E-state index in [0.717, 1.165) is 32.5 Å². The number of phenolic OH excluding ortho intramolecular Hbond substituents is 1. The number of nitrogens with one attached hydrogen (secondary N) is 2. The summed E-state index contributed by atoms with van der Waals surface area (Å²) in [4.78, 5) is 11.2. The van der Waals surface area contributed by atoms with E-state index in [1.165, 1.54) is 0 Å². The molecule has 0 amide bonds. The van der Waals surface area contributed by atoms with E-state index in [9.17, 15) is 5.11 Å². The molecule has 0 radical (unpaired) electrons. The molecule has 0 unspecified atom stereocenters. The first kappa shape index (κ1) is 17.8. The molecular weight excluding hydrogens is 434 g/mol. The van der Waals surface area contributed by atoms with E-state index in [1.807, 2.05) is 37.3 Å². The fourth-order valence-corrected chi connectivity index (χ4v) is 3.71. The number of aromatic nitrogens is 2. The molecule has 3 aromatic carbocycles. The fourth-order valence-electron chi connectivity index (χ4n) is 3.29.